The molecule has 3 aliphatic carbocycles. The van der Waals surface area contributed by atoms with Gasteiger partial charge in [0, 0.05) is 24.0 Å². The molecule has 196 valence electrons. The number of thiophene rings is 1. The average Bonchev–Trinajstić information content (AvgIpc) is 3.51. The number of hydrogen-bond donors (Lipinski definition) is 1. The van der Waals surface area contributed by atoms with Gasteiger partial charge in [0.25, 0.3) is 15.9 Å². The van der Waals surface area contributed by atoms with Crippen LogP contribution < -0.4 is 5.32 Å². The monoisotopic (exact) mass is 532 g/mol. The second-order valence-corrected chi connectivity index (χ2v) is 13.8. The number of allylic oxidation sites excluding steroid dienone is 1. The van der Waals surface area contributed by atoms with E-state index in [4.69, 9.17) is 0 Å². The molecule has 5 rings (SSSR count). The Balaban J connectivity index is 1.41. The summed E-state index contributed by atoms with van der Waals surface area (Å²) in [6.45, 7) is 6.34. The molecule has 36 heavy (non-hydrogen) atoms. The maximum Gasteiger partial charge on any atom is 0.330 e. The van der Waals surface area contributed by atoms with Crippen molar-refractivity contribution in [3.05, 3.63) is 53.2 Å². The molecule has 2 heterocycles. The third-order valence-corrected chi connectivity index (χ3v) is 11.6. The second-order valence-electron chi connectivity index (χ2n) is 10.6. The van der Waals surface area contributed by atoms with Gasteiger partial charge >= 0.3 is 5.97 Å². The van der Waals surface area contributed by atoms with E-state index < -0.39 is 10.0 Å². The molecule has 3 fully saturated rings. The van der Waals surface area contributed by atoms with Gasteiger partial charge in [-0.1, -0.05) is 26.3 Å². The summed E-state index contributed by atoms with van der Waals surface area (Å²) in [6.07, 6.45) is 10.9. The molecule has 9 heteroatoms. The molecular weight excluding hydrogens is 496 g/mol. The Morgan fingerprint density at radius 3 is 2.67 bits per heavy atom. The Kier molecular flexibility index (Phi) is 7.80. The van der Waals surface area contributed by atoms with Crippen LogP contribution in [0.2, 0.25) is 0 Å². The van der Waals surface area contributed by atoms with Crippen molar-refractivity contribution in [2.24, 2.45) is 23.2 Å². The lowest BCUT2D eigenvalue weighted by atomic mass is 9.44. The van der Waals surface area contributed by atoms with Crippen molar-refractivity contribution in [2.45, 2.75) is 69.5 Å². The first-order valence-corrected chi connectivity index (χ1v) is 14.9. The fraction of sp³-hybridized carbons (Fsp3) is 0.556. The molecule has 0 spiro atoms. The third-order valence-electron chi connectivity index (χ3n) is 8.25. The minimum atomic E-state index is -3.71. The van der Waals surface area contributed by atoms with E-state index in [2.05, 4.69) is 23.9 Å². The van der Waals surface area contributed by atoms with Crippen LogP contribution in [-0.2, 0) is 19.6 Å². The van der Waals surface area contributed by atoms with Gasteiger partial charge in [-0.3, -0.25) is 4.79 Å². The standard InChI is InChI=1S/C27H36N2O5S2/c1-18-10-9-15-29(18)36(32,33)24-14-13-22(35-24)26(31)28-25-19(16-20-17-21(25)27(20,2)3)11-7-5-6-8-12-23(30)34-4/h8-10,12-15,19-21,25H,5-7,11,16-17H2,1-4H3,(H,28,31)/b12-8+/t19-,20+,21+,25+/m0/s1. The second kappa shape index (κ2) is 10.5. The van der Waals surface area contributed by atoms with E-state index in [1.165, 1.54) is 29.4 Å². The number of methoxy groups -OCH3 is 1. The van der Waals surface area contributed by atoms with Crippen molar-refractivity contribution in [1.82, 2.24) is 9.29 Å². The predicted molar refractivity (Wildman–Crippen MR) is 140 cm³/mol. The van der Waals surface area contributed by atoms with Crippen molar-refractivity contribution in [2.75, 3.05) is 7.11 Å². The number of unbranched alkanes of at least 4 members (excludes halogenated alkanes) is 2. The lowest BCUT2D eigenvalue weighted by Crippen LogP contribution is -2.63. The SMILES string of the molecule is COC(=O)/C=C/CCCC[C@H]1C[C@@H]2C[C@H]([C@@H]1NC(=O)c1ccc(S(=O)(=O)n3cccc3C)s1)C2(C)C. The highest BCUT2D eigenvalue weighted by Crippen LogP contribution is 2.61. The van der Waals surface area contributed by atoms with Gasteiger partial charge in [-0.25, -0.2) is 8.77 Å². The van der Waals surface area contributed by atoms with Crippen LogP contribution >= 0.6 is 11.3 Å². The molecule has 0 radical (unpaired) electrons. The van der Waals surface area contributed by atoms with Gasteiger partial charge in [-0.05, 0) is 86.5 Å². The zero-order valence-electron chi connectivity index (χ0n) is 21.4. The van der Waals surface area contributed by atoms with Crippen molar-refractivity contribution in [3.8, 4) is 0 Å². The Morgan fingerprint density at radius 2 is 2.00 bits per heavy atom. The van der Waals surface area contributed by atoms with Crippen molar-refractivity contribution in [3.63, 3.8) is 0 Å². The van der Waals surface area contributed by atoms with Gasteiger partial charge < -0.3 is 10.1 Å². The Hall–Kier alpha value is -2.39. The van der Waals surface area contributed by atoms with Crippen LogP contribution in [0.3, 0.4) is 0 Å². The molecule has 7 nitrogen and oxygen atoms in total. The minimum Gasteiger partial charge on any atom is -0.466 e. The molecule has 0 aromatic carbocycles. The van der Waals surface area contributed by atoms with E-state index in [-0.39, 0.29) is 27.5 Å². The number of nitrogens with one attached hydrogen (secondary N) is 1. The topological polar surface area (TPSA) is 94.5 Å². The lowest BCUT2D eigenvalue weighted by molar-refractivity contribution is -0.134. The zero-order valence-corrected chi connectivity index (χ0v) is 23.0. The summed E-state index contributed by atoms with van der Waals surface area (Å²) >= 11 is 1.02. The summed E-state index contributed by atoms with van der Waals surface area (Å²) in [7, 11) is -2.34. The van der Waals surface area contributed by atoms with Crippen LogP contribution in [0.4, 0.5) is 0 Å². The van der Waals surface area contributed by atoms with E-state index in [9.17, 15) is 18.0 Å². The highest BCUT2D eigenvalue weighted by Gasteiger charge is 2.57. The third kappa shape index (κ3) is 5.18. The Labute approximate surface area is 218 Å². The number of ether oxygens (including phenoxy) is 1. The smallest absolute Gasteiger partial charge is 0.330 e. The van der Waals surface area contributed by atoms with Gasteiger partial charge in [-0.2, -0.15) is 8.42 Å². The highest BCUT2D eigenvalue weighted by atomic mass is 32.2. The number of carbonyl (C=O) groups excluding carboxylic acids is 2. The summed E-state index contributed by atoms with van der Waals surface area (Å²) in [5.74, 6) is 0.988. The van der Waals surface area contributed by atoms with Gasteiger partial charge in [0.05, 0.1) is 12.0 Å². The minimum absolute atomic E-state index is 0.0805. The average molecular weight is 533 g/mol. The number of aromatic nitrogens is 1. The van der Waals surface area contributed by atoms with Gasteiger partial charge in [0.1, 0.15) is 4.21 Å². The largest absolute Gasteiger partial charge is 0.466 e. The van der Waals surface area contributed by atoms with E-state index in [1.807, 2.05) is 6.08 Å². The lowest BCUT2D eigenvalue weighted by Gasteiger charge is -2.62. The van der Waals surface area contributed by atoms with Crippen molar-refractivity contribution >= 4 is 33.2 Å². The summed E-state index contributed by atoms with van der Waals surface area (Å²) < 4.78 is 32.0. The molecule has 3 aliphatic rings. The number of amides is 1. The predicted octanol–water partition coefficient (Wildman–Crippen LogP) is 5.17. The summed E-state index contributed by atoms with van der Waals surface area (Å²) in [5.41, 5.74) is 0.829. The van der Waals surface area contributed by atoms with E-state index in [0.29, 0.717) is 28.3 Å². The van der Waals surface area contributed by atoms with Crippen LogP contribution in [0, 0.1) is 30.1 Å². The van der Waals surface area contributed by atoms with Crippen LogP contribution in [0.1, 0.15) is 67.7 Å². The summed E-state index contributed by atoms with van der Waals surface area (Å²) in [6, 6.07) is 6.66. The van der Waals surface area contributed by atoms with Gasteiger partial charge in [0.15, 0.2) is 0 Å². The maximum absolute atomic E-state index is 13.3. The van der Waals surface area contributed by atoms with Crippen LogP contribution in [-0.4, -0.2) is 37.4 Å². The van der Waals surface area contributed by atoms with Gasteiger partial charge in [0.2, 0.25) is 0 Å². The maximum atomic E-state index is 13.3. The number of rotatable bonds is 10. The van der Waals surface area contributed by atoms with Gasteiger partial charge in [-0.15, -0.1) is 11.3 Å². The number of aryl methyl sites for hydroxylation is 1. The van der Waals surface area contributed by atoms with E-state index >= 15 is 0 Å². The Morgan fingerprint density at radius 1 is 1.22 bits per heavy atom. The summed E-state index contributed by atoms with van der Waals surface area (Å²) in [4.78, 5) is 24.9. The molecule has 0 saturated heterocycles. The fourth-order valence-corrected chi connectivity index (χ4v) is 8.64. The molecule has 2 aromatic heterocycles. The molecular formula is C27H36N2O5S2. The Bertz CT molecular complexity index is 1240. The molecule has 1 amide bonds. The van der Waals surface area contributed by atoms with Crippen LogP contribution in [0.15, 0.2) is 46.8 Å². The van der Waals surface area contributed by atoms with Crippen LogP contribution in [0.5, 0.6) is 0 Å². The zero-order chi connectivity index (χ0) is 26.1. The molecule has 0 unspecified atom stereocenters. The number of esters is 1. The van der Waals surface area contributed by atoms with Crippen LogP contribution in [0.25, 0.3) is 0 Å². The number of hydrogen-bond acceptors (Lipinski definition) is 6. The molecule has 2 aromatic rings. The molecule has 2 bridgehead atoms. The van der Waals surface area contributed by atoms with E-state index in [1.54, 1.807) is 25.1 Å². The first-order valence-electron chi connectivity index (χ1n) is 12.6. The number of fused-ring (bicyclic) bond motifs is 2. The van der Waals surface area contributed by atoms with Crippen molar-refractivity contribution < 1.29 is 22.7 Å². The normalized spacial score (nSPS) is 24.9. The number of nitrogens with zero attached hydrogens (tertiary/aromatic N) is 1. The van der Waals surface area contributed by atoms with E-state index in [0.717, 1.165) is 49.9 Å². The van der Waals surface area contributed by atoms with Crippen molar-refractivity contribution in [1.29, 1.82) is 0 Å². The quantitative estimate of drug-likeness (QED) is 0.259. The fourth-order valence-electron chi connectivity index (χ4n) is 5.96. The molecule has 0 aliphatic heterocycles. The molecule has 1 N–H and O–H groups in total. The molecule has 4 atom stereocenters. The first-order chi connectivity index (χ1) is 17.1. The summed E-state index contributed by atoms with van der Waals surface area (Å²) in [5, 5.41) is 3.31. The first kappa shape index (κ1) is 26.7. The highest BCUT2D eigenvalue weighted by molar-refractivity contribution is 7.92. The number of carbonyl (C=O) groups is 2. The molecule has 3 saturated carbocycles.